The molecule has 0 spiro atoms. The Morgan fingerprint density at radius 3 is 3.10 bits per heavy atom. The summed E-state index contributed by atoms with van der Waals surface area (Å²) < 4.78 is 5.20. The number of hydrogen-bond acceptors (Lipinski definition) is 4. The molecule has 21 heavy (non-hydrogen) atoms. The molecule has 0 aromatic carbocycles. The first-order valence-corrected chi connectivity index (χ1v) is 8.03. The lowest BCUT2D eigenvalue weighted by molar-refractivity contribution is -0.133. The van der Waals surface area contributed by atoms with Gasteiger partial charge in [-0.15, -0.1) is 0 Å². The molecule has 1 aromatic rings. The first-order valence-electron chi connectivity index (χ1n) is 8.03. The van der Waals surface area contributed by atoms with Crippen LogP contribution in [0.3, 0.4) is 0 Å². The Kier molecular flexibility index (Phi) is 4.36. The molecule has 114 valence electrons. The summed E-state index contributed by atoms with van der Waals surface area (Å²) in [7, 11) is 0. The number of allylic oxidation sites excluding steroid dienone is 2. The highest BCUT2D eigenvalue weighted by molar-refractivity contribution is 5.77. The predicted molar refractivity (Wildman–Crippen MR) is 78.7 cm³/mol. The Labute approximate surface area is 125 Å². The van der Waals surface area contributed by atoms with Gasteiger partial charge in [0.2, 0.25) is 11.8 Å². The summed E-state index contributed by atoms with van der Waals surface area (Å²) in [5, 5.41) is 4.07. The van der Waals surface area contributed by atoms with E-state index in [1.54, 1.807) is 0 Å². The van der Waals surface area contributed by atoms with Gasteiger partial charge in [0.05, 0.1) is 0 Å². The van der Waals surface area contributed by atoms with E-state index >= 15 is 0 Å². The highest BCUT2D eigenvalue weighted by Gasteiger charge is 2.28. The maximum atomic E-state index is 12.4. The molecule has 2 aliphatic rings. The van der Waals surface area contributed by atoms with Crippen LogP contribution >= 0.6 is 0 Å². The van der Waals surface area contributed by atoms with Gasteiger partial charge in [-0.05, 0) is 31.6 Å². The van der Waals surface area contributed by atoms with Gasteiger partial charge in [-0.25, -0.2) is 0 Å². The zero-order valence-electron chi connectivity index (χ0n) is 12.6. The molecule has 0 radical (unpaired) electrons. The largest absolute Gasteiger partial charge is 0.342 e. The van der Waals surface area contributed by atoms with E-state index in [9.17, 15) is 4.79 Å². The van der Waals surface area contributed by atoms with Crippen LogP contribution in [0.2, 0.25) is 0 Å². The molecule has 0 N–H and O–H groups in total. The minimum atomic E-state index is 0.228. The lowest BCUT2D eigenvalue weighted by atomic mass is 9.96. The van der Waals surface area contributed by atoms with Gasteiger partial charge in [0, 0.05) is 31.8 Å². The van der Waals surface area contributed by atoms with Crippen LogP contribution in [-0.2, 0) is 11.2 Å². The average Bonchev–Trinajstić information content (AvgIpc) is 3.18. The molecule has 2 atom stereocenters. The number of nitrogens with zero attached hydrogens (tertiary/aromatic N) is 3. The molecule has 1 amide bonds. The third-order valence-corrected chi connectivity index (χ3v) is 4.47. The fourth-order valence-corrected chi connectivity index (χ4v) is 3.21. The van der Waals surface area contributed by atoms with E-state index in [4.69, 9.17) is 4.52 Å². The summed E-state index contributed by atoms with van der Waals surface area (Å²) in [6.07, 6.45) is 10.1. The summed E-state index contributed by atoms with van der Waals surface area (Å²) in [4.78, 5) is 18.8. The van der Waals surface area contributed by atoms with Gasteiger partial charge in [-0.1, -0.05) is 24.2 Å². The third-order valence-electron chi connectivity index (χ3n) is 4.47. The molecule has 2 heterocycles. The number of carbonyl (C=O) groups excluding carboxylic acids is 1. The molecular weight excluding hydrogens is 266 g/mol. The Morgan fingerprint density at radius 1 is 1.48 bits per heavy atom. The predicted octanol–water partition coefficient (Wildman–Crippen LogP) is 2.69. The Balaban J connectivity index is 1.59. The summed E-state index contributed by atoms with van der Waals surface area (Å²) in [5.41, 5.74) is 0. The summed E-state index contributed by atoms with van der Waals surface area (Å²) >= 11 is 0. The maximum Gasteiger partial charge on any atom is 0.226 e. The number of rotatable bonds is 4. The first kappa shape index (κ1) is 14.3. The fraction of sp³-hybridized carbons (Fsp3) is 0.688. The normalized spacial score (nSPS) is 25.5. The zero-order chi connectivity index (χ0) is 14.7. The summed E-state index contributed by atoms with van der Waals surface area (Å²) in [6, 6.07) is 0. The standard InChI is InChI=1S/C16H23N3O2/c1-2-14-17-16(18-21-14)13-8-5-9-19(11-13)15(20)10-12-6-3-4-7-12/h3,6,12-13H,2,4-5,7-11H2,1H3. The molecule has 1 aliphatic carbocycles. The minimum absolute atomic E-state index is 0.228. The van der Waals surface area contributed by atoms with E-state index in [0.29, 0.717) is 18.2 Å². The smallest absolute Gasteiger partial charge is 0.226 e. The van der Waals surface area contributed by atoms with Gasteiger partial charge < -0.3 is 9.42 Å². The van der Waals surface area contributed by atoms with E-state index in [2.05, 4.69) is 22.3 Å². The zero-order valence-corrected chi connectivity index (χ0v) is 12.6. The summed E-state index contributed by atoms with van der Waals surface area (Å²) in [5.74, 6) is 2.39. The van der Waals surface area contributed by atoms with Crippen molar-refractivity contribution in [1.29, 1.82) is 0 Å². The molecule has 3 rings (SSSR count). The quantitative estimate of drug-likeness (QED) is 0.800. The second-order valence-corrected chi connectivity index (χ2v) is 6.05. The van der Waals surface area contributed by atoms with Crippen LogP contribution in [0.25, 0.3) is 0 Å². The molecule has 1 aliphatic heterocycles. The van der Waals surface area contributed by atoms with Crippen LogP contribution < -0.4 is 0 Å². The third kappa shape index (κ3) is 3.34. The number of likely N-dealkylation sites (tertiary alicyclic amines) is 1. The number of aromatic nitrogens is 2. The number of hydrogen-bond donors (Lipinski definition) is 0. The average molecular weight is 289 g/mol. The molecule has 5 heteroatoms. The number of carbonyl (C=O) groups is 1. The van der Waals surface area contributed by atoms with Crippen LogP contribution in [0.4, 0.5) is 0 Å². The minimum Gasteiger partial charge on any atom is -0.342 e. The van der Waals surface area contributed by atoms with E-state index in [1.807, 2.05) is 11.8 Å². The van der Waals surface area contributed by atoms with Crippen molar-refractivity contribution in [2.24, 2.45) is 5.92 Å². The van der Waals surface area contributed by atoms with E-state index in [1.165, 1.54) is 0 Å². The van der Waals surface area contributed by atoms with Gasteiger partial charge >= 0.3 is 0 Å². The Hall–Kier alpha value is -1.65. The van der Waals surface area contributed by atoms with Crippen molar-refractivity contribution < 1.29 is 9.32 Å². The van der Waals surface area contributed by atoms with Crippen molar-refractivity contribution in [3.8, 4) is 0 Å². The van der Waals surface area contributed by atoms with Gasteiger partial charge in [-0.2, -0.15) is 4.98 Å². The molecule has 1 saturated heterocycles. The molecular formula is C16H23N3O2. The van der Waals surface area contributed by atoms with Gasteiger partial charge in [-0.3, -0.25) is 4.79 Å². The van der Waals surface area contributed by atoms with E-state index < -0.39 is 0 Å². The Morgan fingerprint density at radius 2 is 2.38 bits per heavy atom. The van der Waals surface area contributed by atoms with Crippen molar-refractivity contribution >= 4 is 5.91 Å². The van der Waals surface area contributed by atoms with E-state index in [0.717, 1.165) is 51.0 Å². The monoisotopic (exact) mass is 289 g/mol. The number of aryl methyl sites for hydroxylation is 1. The van der Waals surface area contributed by atoms with Crippen LogP contribution in [0.15, 0.2) is 16.7 Å². The van der Waals surface area contributed by atoms with Crippen LogP contribution in [0, 0.1) is 5.92 Å². The van der Waals surface area contributed by atoms with E-state index in [-0.39, 0.29) is 11.8 Å². The van der Waals surface area contributed by atoms with Crippen molar-refractivity contribution in [1.82, 2.24) is 15.0 Å². The fourth-order valence-electron chi connectivity index (χ4n) is 3.21. The van der Waals surface area contributed by atoms with Crippen molar-refractivity contribution in [3.05, 3.63) is 23.9 Å². The lowest BCUT2D eigenvalue weighted by Gasteiger charge is -2.32. The highest BCUT2D eigenvalue weighted by atomic mass is 16.5. The molecule has 1 aromatic heterocycles. The van der Waals surface area contributed by atoms with Crippen LogP contribution in [0.5, 0.6) is 0 Å². The SMILES string of the molecule is CCc1nc(C2CCCN(C(=O)CC3C=CCC3)C2)no1. The van der Waals surface area contributed by atoms with Crippen molar-refractivity contribution in [2.75, 3.05) is 13.1 Å². The van der Waals surface area contributed by atoms with Gasteiger partial charge in [0.1, 0.15) is 0 Å². The van der Waals surface area contributed by atoms with Crippen LogP contribution in [-0.4, -0.2) is 34.0 Å². The number of piperidine rings is 1. The second kappa shape index (κ2) is 6.41. The van der Waals surface area contributed by atoms with Crippen LogP contribution in [0.1, 0.15) is 56.7 Å². The molecule has 0 saturated carbocycles. The molecule has 1 fully saturated rings. The highest BCUT2D eigenvalue weighted by Crippen LogP contribution is 2.27. The summed E-state index contributed by atoms with van der Waals surface area (Å²) in [6.45, 7) is 3.60. The Bertz CT molecular complexity index is 523. The maximum absolute atomic E-state index is 12.4. The lowest BCUT2D eigenvalue weighted by Crippen LogP contribution is -2.39. The topological polar surface area (TPSA) is 59.2 Å². The second-order valence-electron chi connectivity index (χ2n) is 6.05. The van der Waals surface area contributed by atoms with Gasteiger partial charge in [0.15, 0.2) is 5.82 Å². The first-order chi connectivity index (χ1) is 10.3. The van der Waals surface area contributed by atoms with Crippen molar-refractivity contribution in [2.45, 2.75) is 51.4 Å². The molecule has 0 bridgehead atoms. The van der Waals surface area contributed by atoms with Gasteiger partial charge in [0.25, 0.3) is 0 Å². The number of amides is 1. The van der Waals surface area contributed by atoms with Crippen molar-refractivity contribution in [3.63, 3.8) is 0 Å². The molecule has 2 unspecified atom stereocenters. The molecule has 5 nitrogen and oxygen atoms in total.